The van der Waals surface area contributed by atoms with Crippen LogP contribution in [0.1, 0.15) is 5.69 Å². The van der Waals surface area contributed by atoms with Gasteiger partial charge in [0.2, 0.25) is 5.91 Å². The maximum absolute atomic E-state index is 12.4. The molecule has 1 aromatic heterocycles. The first-order valence-electron chi connectivity index (χ1n) is 8.26. The van der Waals surface area contributed by atoms with Crippen LogP contribution >= 0.6 is 0 Å². The van der Waals surface area contributed by atoms with Gasteiger partial charge in [-0.25, -0.2) is 9.48 Å². The third kappa shape index (κ3) is 3.90. The molecule has 2 heterocycles. The van der Waals surface area contributed by atoms with Crippen molar-refractivity contribution < 1.29 is 14.3 Å². The highest BCUT2D eigenvalue weighted by atomic mass is 16.6. The van der Waals surface area contributed by atoms with Gasteiger partial charge in [-0.05, 0) is 25.1 Å². The third-order valence-corrected chi connectivity index (χ3v) is 4.13. The minimum absolute atomic E-state index is 0.153. The molecule has 8 nitrogen and oxygen atoms in total. The van der Waals surface area contributed by atoms with E-state index >= 15 is 0 Å². The number of carbonyl (C=O) groups is 2. The van der Waals surface area contributed by atoms with Crippen LogP contribution in [0.3, 0.4) is 0 Å². The van der Waals surface area contributed by atoms with Crippen LogP contribution in [0.4, 0.5) is 10.5 Å². The van der Waals surface area contributed by atoms with E-state index in [0.717, 1.165) is 10.4 Å². The number of amides is 2. The quantitative estimate of drug-likeness (QED) is 0.799. The van der Waals surface area contributed by atoms with Gasteiger partial charge in [0.05, 0.1) is 18.8 Å². The van der Waals surface area contributed by atoms with Gasteiger partial charge in [0.15, 0.2) is 0 Å². The molecule has 1 unspecified atom stereocenters. The number of rotatable bonds is 5. The Morgan fingerprint density at radius 2 is 1.96 bits per heavy atom. The summed E-state index contributed by atoms with van der Waals surface area (Å²) in [6, 6.07) is 12.2. The third-order valence-electron chi connectivity index (χ3n) is 4.13. The van der Waals surface area contributed by atoms with E-state index in [1.165, 1.54) is 15.9 Å². The number of hydrogen-bond acceptors (Lipinski definition) is 5. The van der Waals surface area contributed by atoms with Crippen LogP contribution in [-0.2, 0) is 16.1 Å². The average molecular weight is 356 g/mol. The lowest BCUT2D eigenvalue weighted by Crippen LogP contribution is -2.40. The fourth-order valence-electron chi connectivity index (χ4n) is 2.76. The van der Waals surface area contributed by atoms with E-state index in [2.05, 4.69) is 5.10 Å². The van der Waals surface area contributed by atoms with E-state index < -0.39 is 12.2 Å². The van der Waals surface area contributed by atoms with Gasteiger partial charge in [-0.1, -0.05) is 18.2 Å². The molecule has 1 saturated heterocycles. The van der Waals surface area contributed by atoms with Crippen LogP contribution in [-0.4, -0.2) is 52.9 Å². The van der Waals surface area contributed by atoms with Crippen molar-refractivity contribution in [2.24, 2.45) is 0 Å². The molecule has 0 aliphatic carbocycles. The SMILES string of the molecule is Cc1ccc(=O)n(CC(=O)N(C)CC2CN(c3ccccc3)C(=O)O2)n1. The summed E-state index contributed by atoms with van der Waals surface area (Å²) in [6.45, 7) is 2.21. The van der Waals surface area contributed by atoms with Crippen molar-refractivity contribution in [3.05, 3.63) is 58.5 Å². The number of para-hydroxylation sites is 1. The Morgan fingerprint density at radius 3 is 2.69 bits per heavy atom. The first-order chi connectivity index (χ1) is 12.4. The Bertz CT molecular complexity index is 865. The number of benzene rings is 1. The van der Waals surface area contributed by atoms with Crippen molar-refractivity contribution in [2.45, 2.75) is 19.6 Å². The number of ether oxygens (including phenoxy) is 1. The Kier molecular flexibility index (Phi) is 5.01. The summed E-state index contributed by atoms with van der Waals surface area (Å²) in [6.07, 6.45) is -0.863. The Morgan fingerprint density at radius 1 is 1.23 bits per heavy atom. The van der Waals surface area contributed by atoms with Gasteiger partial charge < -0.3 is 9.64 Å². The molecule has 1 aliphatic rings. The summed E-state index contributed by atoms with van der Waals surface area (Å²) in [4.78, 5) is 39.2. The predicted molar refractivity (Wildman–Crippen MR) is 94.9 cm³/mol. The maximum Gasteiger partial charge on any atom is 0.414 e. The predicted octanol–water partition coefficient (Wildman–Crippen LogP) is 1.04. The molecule has 26 heavy (non-hydrogen) atoms. The first-order valence-corrected chi connectivity index (χ1v) is 8.26. The summed E-state index contributed by atoms with van der Waals surface area (Å²) in [5.74, 6) is -0.278. The van der Waals surface area contributed by atoms with Crippen molar-refractivity contribution in [1.29, 1.82) is 0 Å². The zero-order chi connectivity index (χ0) is 18.7. The van der Waals surface area contributed by atoms with Crippen LogP contribution < -0.4 is 10.5 Å². The van der Waals surface area contributed by atoms with Gasteiger partial charge in [0.1, 0.15) is 12.6 Å². The van der Waals surface area contributed by atoms with E-state index in [1.54, 1.807) is 20.0 Å². The zero-order valence-electron chi connectivity index (χ0n) is 14.7. The molecule has 0 spiro atoms. The van der Waals surface area contributed by atoms with Gasteiger partial charge in [-0.15, -0.1) is 0 Å². The average Bonchev–Trinajstić information content (AvgIpc) is 2.99. The molecule has 2 aromatic rings. The van der Waals surface area contributed by atoms with Crippen LogP contribution in [0.25, 0.3) is 0 Å². The highest BCUT2D eigenvalue weighted by Gasteiger charge is 2.33. The minimum Gasteiger partial charge on any atom is -0.442 e. The number of nitrogens with zero attached hydrogens (tertiary/aromatic N) is 4. The molecular formula is C18H20N4O4. The molecule has 3 rings (SSSR count). The molecule has 1 aliphatic heterocycles. The molecule has 2 amide bonds. The minimum atomic E-state index is -0.432. The van der Waals surface area contributed by atoms with E-state index in [1.807, 2.05) is 30.3 Å². The topological polar surface area (TPSA) is 84.7 Å². The van der Waals surface area contributed by atoms with Crippen LogP contribution in [0.15, 0.2) is 47.3 Å². The number of aryl methyl sites for hydroxylation is 1. The highest BCUT2D eigenvalue weighted by molar-refractivity contribution is 5.89. The molecule has 136 valence electrons. The van der Waals surface area contributed by atoms with Crippen LogP contribution in [0.2, 0.25) is 0 Å². The second-order valence-electron chi connectivity index (χ2n) is 6.20. The van der Waals surface area contributed by atoms with E-state index in [9.17, 15) is 14.4 Å². The molecule has 0 saturated carbocycles. The molecule has 1 atom stereocenters. The van der Waals surface area contributed by atoms with E-state index in [-0.39, 0.29) is 24.6 Å². The first kappa shape index (κ1) is 17.7. The maximum atomic E-state index is 12.4. The Balaban J connectivity index is 1.60. The second-order valence-corrected chi connectivity index (χ2v) is 6.20. The molecule has 0 N–H and O–H groups in total. The molecule has 8 heteroatoms. The van der Waals surface area contributed by atoms with Gasteiger partial charge >= 0.3 is 6.09 Å². The van der Waals surface area contributed by atoms with Gasteiger partial charge in [0.25, 0.3) is 5.56 Å². The van der Waals surface area contributed by atoms with Gasteiger partial charge in [-0.2, -0.15) is 5.10 Å². The smallest absolute Gasteiger partial charge is 0.414 e. The standard InChI is InChI=1S/C18H20N4O4/c1-13-8-9-16(23)22(19-13)12-17(24)20(2)10-15-11-21(18(25)26-15)14-6-4-3-5-7-14/h3-9,15H,10-12H2,1-2H3. The molecule has 0 radical (unpaired) electrons. The number of aromatic nitrogens is 2. The van der Waals surface area contributed by atoms with Gasteiger partial charge in [-0.3, -0.25) is 14.5 Å². The van der Waals surface area contributed by atoms with Crippen molar-refractivity contribution in [3.8, 4) is 0 Å². The number of carbonyl (C=O) groups excluding carboxylic acids is 2. The Hall–Kier alpha value is -3.16. The lowest BCUT2D eigenvalue weighted by Gasteiger charge is -2.20. The van der Waals surface area contributed by atoms with E-state index in [0.29, 0.717) is 12.2 Å². The monoisotopic (exact) mass is 356 g/mol. The largest absolute Gasteiger partial charge is 0.442 e. The summed E-state index contributed by atoms with van der Waals surface area (Å²) in [5, 5.41) is 4.05. The van der Waals surface area contributed by atoms with Crippen molar-refractivity contribution in [1.82, 2.24) is 14.7 Å². The second kappa shape index (κ2) is 7.38. The van der Waals surface area contributed by atoms with Crippen LogP contribution in [0.5, 0.6) is 0 Å². The number of hydrogen-bond donors (Lipinski definition) is 0. The fourth-order valence-corrected chi connectivity index (χ4v) is 2.76. The lowest BCUT2D eigenvalue weighted by atomic mass is 10.2. The summed E-state index contributed by atoms with van der Waals surface area (Å²) in [5.41, 5.74) is 1.08. The lowest BCUT2D eigenvalue weighted by molar-refractivity contribution is -0.131. The van der Waals surface area contributed by atoms with Crippen molar-refractivity contribution in [3.63, 3.8) is 0 Å². The van der Waals surface area contributed by atoms with Crippen molar-refractivity contribution >= 4 is 17.7 Å². The number of anilines is 1. The van der Waals surface area contributed by atoms with Crippen molar-refractivity contribution in [2.75, 3.05) is 25.0 Å². The fraction of sp³-hybridized carbons (Fsp3) is 0.333. The Labute approximate surface area is 150 Å². The van der Waals surface area contributed by atoms with E-state index in [4.69, 9.17) is 4.74 Å². The number of likely N-dealkylation sites (N-methyl/N-ethyl adjacent to an activating group) is 1. The molecule has 1 aromatic carbocycles. The van der Waals surface area contributed by atoms with Crippen LogP contribution in [0, 0.1) is 6.92 Å². The summed E-state index contributed by atoms with van der Waals surface area (Å²) >= 11 is 0. The number of cyclic esters (lactones) is 1. The summed E-state index contributed by atoms with van der Waals surface area (Å²) in [7, 11) is 1.61. The molecular weight excluding hydrogens is 336 g/mol. The van der Waals surface area contributed by atoms with Gasteiger partial charge in [0, 0.05) is 18.8 Å². The molecule has 0 bridgehead atoms. The summed E-state index contributed by atoms with van der Waals surface area (Å²) < 4.78 is 6.48. The highest BCUT2D eigenvalue weighted by Crippen LogP contribution is 2.21. The zero-order valence-corrected chi connectivity index (χ0v) is 14.7. The molecule has 1 fully saturated rings. The normalized spacial score (nSPS) is 16.5.